The van der Waals surface area contributed by atoms with E-state index in [2.05, 4.69) is 30.5 Å². The summed E-state index contributed by atoms with van der Waals surface area (Å²) in [5.41, 5.74) is 2.57. The van der Waals surface area contributed by atoms with E-state index in [0.717, 1.165) is 29.4 Å². The second kappa shape index (κ2) is 10.8. The lowest BCUT2D eigenvalue weighted by molar-refractivity contribution is 0.183. The van der Waals surface area contributed by atoms with Gasteiger partial charge in [0, 0.05) is 30.1 Å². The number of hydrogen-bond donors (Lipinski definition) is 2. The Morgan fingerprint density at radius 2 is 1.72 bits per heavy atom. The second-order valence-electron chi connectivity index (χ2n) is 7.83. The first-order valence-corrected chi connectivity index (χ1v) is 11.0. The fourth-order valence-corrected chi connectivity index (χ4v) is 3.65. The van der Waals surface area contributed by atoms with Crippen molar-refractivity contribution in [3.63, 3.8) is 0 Å². The van der Waals surface area contributed by atoms with Gasteiger partial charge >= 0.3 is 0 Å². The third-order valence-corrected chi connectivity index (χ3v) is 5.31. The monoisotopic (exact) mass is 434 g/mol. The van der Waals surface area contributed by atoms with E-state index in [1.54, 1.807) is 19.4 Å². The van der Waals surface area contributed by atoms with Crippen LogP contribution < -0.4 is 20.1 Å². The van der Waals surface area contributed by atoms with Crippen LogP contribution in [0.3, 0.4) is 0 Å². The number of aryl methyl sites for hydroxylation is 1. The molecule has 0 bridgehead atoms. The Morgan fingerprint density at radius 3 is 2.44 bits per heavy atom. The van der Waals surface area contributed by atoms with Gasteiger partial charge in [-0.2, -0.15) is 4.98 Å². The molecule has 0 atom stereocenters. The Hall–Kier alpha value is -3.39. The summed E-state index contributed by atoms with van der Waals surface area (Å²) in [6.45, 7) is 6.02. The predicted molar refractivity (Wildman–Crippen MR) is 126 cm³/mol. The molecule has 4 rings (SSSR count). The summed E-state index contributed by atoms with van der Waals surface area (Å²) >= 11 is 0. The van der Waals surface area contributed by atoms with E-state index in [0.29, 0.717) is 24.3 Å². The molecule has 32 heavy (non-hydrogen) atoms. The van der Waals surface area contributed by atoms with Crippen molar-refractivity contribution in [3.8, 4) is 11.6 Å². The van der Waals surface area contributed by atoms with E-state index in [1.165, 1.54) is 32.4 Å². The lowest BCUT2D eigenvalue weighted by Gasteiger charge is -2.26. The van der Waals surface area contributed by atoms with E-state index >= 15 is 0 Å². The van der Waals surface area contributed by atoms with Crippen LogP contribution in [0.25, 0.3) is 0 Å². The van der Waals surface area contributed by atoms with Gasteiger partial charge in [0.15, 0.2) is 0 Å². The van der Waals surface area contributed by atoms with Crippen LogP contribution in [0.15, 0.2) is 48.7 Å². The maximum absolute atomic E-state index is 5.92. The lowest BCUT2D eigenvalue weighted by atomic mass is 10.1. The minimum Gasteiger partial charge on any atom is -0.492 e. The van der Waals surface area contributed by atoms with Crippen molar-refractivity contribution in [1.29, 1.82) is 0 Å². The summed E-state index contributed by atoms with van der Waals surface area (Å²) in [5.74, 6) is 2.64. The smallest absolute Gasteiger partial charge is 0.229 e. The number of likely N-dealkylation sites (tertiary alicyclic amines) is 1. The molecule has 1 saturated heterocycles. The Bertz CT molecular complexity index is 988. The van der Waals surface area contributed by atoms with E-state index in [9.17, 15) is 0 Å². The number of ether oxygens (including phenoxy) is 2. The average molecular weight is 435 g/mol. The molecule has 8 nitrogen and oxygen atoms in total. The molecule has 0 unspecified atom stereocenters. The number of nitrogens with one attached hydrogen (secondary N) is 2. The average Bonchev–Trinajstić information content (AvgIpc) is 2.81. The Balaban J connectivity index is 1.32. The van der Waals surface area contributed by atoms with E-state index in [-0.39, 0.29) is 0 Å². The van der Waals surface area contributed by atoms with Crippen molar-refractivity contribution >= 4 is 23.1 Å². The number of methoxy groups -OCH3 is 1. The van der Waals surface area contributed by atoms with Crippen LogP contribution in [-0.4, -0.2) is 53.2 Å². The molecular formula is C24H30N6O2. The fourth-order valence-electron chi connectivity index (χ4n) is 3.65. The Morgan fingerprint density at radius 1 is 0.938 bits per heavy atom. The van der Waals surface area contributed by atoms with Crippen molar-refractivity contribution in [3.05, 3.63) is 54.4 Å². The van der Waals surface area contributed by atoms with Crippen molar-refractivity contribution in [1.82, 2.24) is 19.9 Å². The summed E-state index contributed by atoms with van der Waals surface area (Å²) < 4.78 is 11.0. The molecule has 3 heterocycles. The maximum Gasteiger partial charge on any atom is 0.229 e. The predicted octanol–water partition coefficient (Wildman–Crippen LogP) is 4.54. The van der Waals surface area contributed by atoms with E-state index < -0.39 is 0 Å². The standard InChI is InChI=1S/C24H30N6O2/c1-18-16-22(29-24(26-18)28-20-8-11-23(31-2)25-17-20)27-19-6-9-21(10-7-19)32-15-14-30-12-4-3-5-13-30/h6-11,16-17H,3-5,12-15H2,1-2H3,(H2,26,27,28,29). The van der Waals surface area contributed by atoms with Crippen molar-refractivity contribution in [2.45, 2.75) is 26.2 Å². The first kappa shape index (κ1) is 21.8. The number of aromatic nitrogens is 3. The summed E-state index contributed by atoms with van der Waals surface area (Å²) in [7, 11) is 1.59. The number of piperidine rings is 1. The highest BCUT2D eigenvalue weighted by Crippen LogP contribution is 2.22. The highest BCUT2D eigenvalue weighted by molar-refractivity contribution is 5.60. The lowest BCUT2D eigenvalue weighted by Crippen LogP contribution is -2.33. The molecule has 1 aliphatic heterocycles. The van der Waals surface area contributed by atoms with Crippen LogP contribution >= 0.6 is 0 Å². The van der Waals surface area contributed by atoms with Gasteiger partial charge in [0.2, 0.25) is 11.8 Å². The van der Waals surface area contributed by atoms with E-state index in [1.807, 2.05) is 43.3 Å². The van der Waals surface area contributed by atoms with Gasteiger partial charge in [-0.25, -0.2) is 9.97 Å². The van der Waals surface area contributed by atoms with Gasteiger partial charge in [-0.15, -0.1) is 0 Å². The third kappa shape index (κ3) is 6.31. The minimum atomic E-state index is 0.497. The Kier molecular flexibility index (Phi) is 7.34. The number of rotatable bonds is 9. The zero-order valence-corrected chi connectivity index (χ0v) is 18.7. The summed E-state index contributed by atoms with van der Waals surface area (Å²) in [6.07, 6.45) is 5.64. The molecule has 0 spiro atoms. The van der Waals surface area contributed by atoms with Gasteiger partial charge in [-0.3, -0.25) is 4.90 Å². The molecule has 2 N–H and O–H groups in total. The quantitative estimate of drug-likeness (QED) is 0.508. The topological polar surface area (TPSA) is 84.4 Å². The van der Waals surface area contributed by atoms with E-state index in [4.69, 9.17) is 9.47 Å². The molecule has 0 aliphatic carbocycles. The number of hydrogen-bond acceptors (Lipinski definition) is 8. The van der Waals surface area contributed by atoms with Crippen LogP contribution in [0, 0.1) is 6.92 Å². The zero-order chi connectivity index (χ0) is 22.2. The largest absolute Gasteiger partial charge is 0.492 e. The van der Waals surface area contributed by atoms with Crippen LogP contribution in [0.5, 0.6) is 11.6 Å². The van der Waals surface area contributed by atoms with Gasteiger partial charge in [-0.05, 0) is 63.2 Å². The molecular weight excluding hydrogens is 404 g/mol. The maximum atomic E-state index is 5.92. The van der Waals surface area contributed by atoms with Crippen molar-refractivity contribution < 1.29 is 9.47 Å². The van der Waals surface area contributed by atoms with Gasteiger partial charge in [-0.1, -0.05) is 6.42 Å². The fraction of sp³-hybridized carbons (Fsp3) is 0.375. The summed E-state index contributed by atoms with van der Waals surface area (Å²) in [5, 5.41) is 6.51. The van der Waals surface area contributed by atoms with Gasteiger partial charge in [0.05, 0.1) is 19.0 Å². The highest BCUT2D eigenvalue weighted by Gasteiger charge is 2.09. The van der Waals surface area contributed by atoms with Crippen LogP contribution in [-0.2, 0) is 0 Å². The summed E-state index contributed by atoms with van der Waals surface area (Å²) in [6, 6.07) is 13.5. The zero-order valence-electron chi connectivity index (χ0n) is 18.7. The molecule has 0 amide bonds. The van der Waals surface area contributed by atoms with Crippen molar-refractivity contribution in [2.24, 2.45) is 0 Å². The number of nitrogens with zero attached hydrogens (tertiary/aromatic N) is 4. The normalized spacial score (nSPS) is 14.1. The number of pyridine rings is 1. The van der Waals surface area contributed by atoms with Gasteiger partial charge < -0.3 is 20.1 Å². The first-order chi connectivity index (χ1) is 15.7. The van der Waals surface area contributed by atoms with Crippen molar-refractivity contribution in [2.75, 3.05) is 44.0 Å². The second-order valence-corrected chi connectivity index (χ2v) is 7.83. The number of benzene rings is 1. The molecule has 8 heteroatoms. The first-order valence-electron chi connectivity index (χ1n) is 11.0. The molecule has 2 aromatic heterocycles. The molecule has 0 saturated carbocycles. The van der Waals surface area contributed by atoms with Crippen LogP contribution in [0.4, 0.5) is 23.1 Å². The minimum absolute atomic E-state index is 0.497. The SMILES string of the molecule is COc1ccc(Nc2nc(C)cc(Nc3ccc(OCCN4CCCCC4)cc3)n2)cn1. The number of anilines is 4. The van der Waals surface area contributed by atoms with Gasteiger partial charge in [0.1, 0.15) is 18.2 Å². The molecule has 168 valence electrons. The highest BCUT2D eigenvalue weighted by atomic mass is 16.5. The molecule has 1 aliphatic rings. The molecule has 3 aromatic rings. The third-order valence-electron chi connectivity index (χ3n) is 5.31. The van der Waals surface area contributed by atoms with Crippen LogP contribution in [0.1, 0.15) is 25.0 Å². The Labute approximate surface area is 189 Å². The summed E-state index contributed by atoms with van der Waals surface area (Å²) in [4.78, 5) is 15.7. The molecule has 1 aromatic carbocycles. The molecule has 0 radical (unpaired) electrons. The van der Waals surface area contributed by atoms with Gasteiger partial charge in [0.25, 0.3) is 0 Å². The molecule has 1 fully saturated rings. The van der Waals surface area contributed by atoms with Crippen LogP contribution in [0.2, 0.25) is 0 Å².